The number of allylic oxidation sites excluding steroid dienone is 1. The molecule has 148 valence electrons. The van der Waals surface area contributed by atoms with Crippen molar-refractivity contribution in [2.24, 2.45) is 0 Å². The maximum Gasteiger partial charge on any atom is 0.154 e. The highest BCUT2D eigenvalue weighted by atomic mass is 35.5. The smallest absolute Gasteiger partial charge is 0.154 e. The number of halogens is 1. The van der Waals surface area contributed by atoms with Crippen LogP contribution in [0.5, 0.6) is 5.75 Å². The molecule has 3 rings (SSSR count). The van der Waals surface area contributed by atoms with E-state index >= 15 is 0 Å². The van der Waals surface area contributed by atoms with Crippen molar-refractivity contribution >= 4 is 17.4 Å². The van der Waals surface area contributed by atoms with Crippen molar-refractivity contribution in [3.05, 3.63) is 41.0 Å². The monoisotopic (exact) mass is 391 g/mol. The van der Waals surface area contributed by atoms with Gasteiger partial charge in [-0.3, -0.25) is 9.69 Å². The number of carbonyl (C=O) groups is 1. The minimum atomic E-state index is -0.495. The summed E-state index contributed by atoms with van der Waals surface area (Å²) in [6, 6.07) is 7.97. The predicted octanol–water partition coefficient (Wildman–Crippen LogP) is 3.74. The molecule has 2 fully saturated rings. The number of hydrogen-bond donors (Lipinski definition) is 1. The Morgan fingerprint density at radius 3 is 2.59 bits per heavy atom. The van der Waals surface area contributed by atoms with Crippen molar-refractivity contribution in [2.45, 2.75) is 62.9 Å². The van der Waals surface area contributed by atoms with Gasteiger partial charge in [-0.05, 0) is 57.2 Å². The molecule has 2 aliphatic rings. The Morgan fingerprint density at radius 2 is 2.00 bits per heavy atom. The number of alkyl halides is 1. The van der Waals surface area contributed by atoms with E-state index in [4.69, 9.17) is 16.3 Å². The minimum Gasteiger partial charge on any atom is -0.497 e. The third-order valence-electron chi connectivity index (χ3n) is 6.17. The van der Waals surface area contributed by atoms with Gasteiger partial charge in [0.1, 0.15) is 11.1 Å². The van der Waals surface area contributed by atoms with E-state index in [1.165, 1.54) is 11.1 Å². The van der Waals surface area contributed by atoms with Crippen molar-refractivity contribution < 1.29 is 14.6 Å². The van der Waals surface area contributed by atoms with Crippen molar-refractivity contribution in [1.82, 2.24) is 4.90 Å². The van der Waals surface area contributed by atoms with Crippen LogP contribution in [0, 0.1) is 0 Å². The van der Waals surface area contributed by atoms with Gasteiger partial charge >= 0.3 is 0 Å². The minimum absolute atomic E-state index is 0.0307. The van der Waals surface area contributed by atoms with E-state index < -0.39 is 5.38 Å². The molecule has 3 atom stereocenters. The second-order valence-electron chi connectivity index (χ2n) is 8.12. The van der Waals surface area contributed by atoms with Gasteiger partial charge in [0, 0.05) is 31.2 Å². The Labute approximate surface area is 167 Å². The van der Waals surface area contributed by atoms with Gasteiger partial charge < -0.3 is 9.84 Å². The summed E-state index contributed by atoms with van der Waals surface area (Å²) in [7, 11) is 1.66. The number of aliphatic hydroxyl groups excluding tert-OH is 1. The normalized spacial score (nSPS) is 28.3. The van der Waals surface area contributed by atoms with E-state index in [2.05, 4.69) is 30.9 Å². The first-order valence-electron chi connectivity index (χ1n) is 9.73. The van der Waals surface area contributed by atoms with Crippen molar-refractivity contribution in [3.8, 4) is 5.75 Å². The maximum absolute atomic E-state index is 12.8. The van der Waals surface area contributed by atoms with E-state index in [0.717, 1.165) is 37.1 Å². The molecular formula is C22H30ClNO3. The van der Waals surface area contributed by atoms with Crippen LogP contribution in [0.15, 0.2) is 35.4 Å². The molecule has 4 nitrogen and oxygen atoms in total. The SMILES string of the molecule is COc1ccc(C[C@H]2[C@H](Cl)C(=O)C[C@@]3(CCCO)CC(=C(C)C)CN23)cc1. The fourth-order valence-corrected chi connectivity index (χ4v) is 4.94. The first kappa shape index (κ1) is 20.4. The number of nitrogens with zero attached hydrogens (tertiary/aromatic N) is 1. The van der Waals surface area contributed by atoms with Crippen LogP contribution in [0.25, 0.3) is 0 Å². The average Bonchev–Trinajstić information content (AvgIpc) is 3.04. The van der Waals surface area contributed by atoms with Crippen molar-refractivity contribution in [1.29, 1.82) is 0 Å². The Hall–Kier alpha value is -1.36. The third-order valence-corrected chi connectivity index (χ3v) is 6.71. The summed E-state index contributed by atoms with van der Waals surface area (Å²) in [6.07, 6.45) is 3.67. The topological polar surface area (TPSA) is 49.8 Å². The lowest BCUT2D eigenvalue weighted by atomic mass is 9.77. The maximum atomic E-state index is 12.8. The lowest BCUT2D eigenvalue weighted by Crippen LogP contribution is -2.61. The number of rotatable bonds is 6. The van der Waals surface area contributed by atoms with Crippen LogP contribution in [-0.2, 0) is 11.2 Å². The van der Waals surface area contributed by atoms with E-state index in [0.29, 0.717) is 12.8 Å². The molecule has 2 heterocycles. The van der Waals surface area contributed by atoms with Crippen LogP contribution >= 0.6 is 11.6 Å². The summed E-state index contributed by atoms with van der Waals surface area (Å²) in [5.41, 5.74) is 3.69. The molecule has 0 saturated carbocycles. The first-order valence-corrected chi connectivity index (χ1v) is 10.2. The second-order valence-corrected chi connectivity index (χ2v) is 8.59. The van der Waals surface area contributed by atoms with Gasteiger partial charge in [-0.2, -0.15) is 0 Å². The highest BCUT2D eigenvalue weighted by Crippen LogP contribution is 2.47. The largest absolute Gasteiger partial charge is 0.497 e. The second kappa shape index (κ2) is 8.34. The zero-order chi connectivity index (χ0) is 19.6. The molecule has 0 bridgehead atoms. The fraction of sp³-hybridized carbons (Fsp3) is 0.591. The van der Waals surface area contributed by atoms with Gasteiger partial charge in [-0.15, -0.1) is 11.6 Å². The number of carbonyl (C=O) groups excluding carboxylic acids is 1. The molecule has 2 saturated heterocycles. The molecule has 1 aromatic rings. The van der Waals surface area contributed by atoms with Gasteiger partial charge in [0.2, 0.25) is 0 Å². The summed E-state index contributed by atoms with van der Waals surface area (Å²) >= 11 is 6.65. The Balaban J connectivity index is 1.92. The van der Waals surface area contributed by atoms with E-state index in [-0.39, 0.29) is 24.0 Å². The quantitative estimate of drug-likeness (QED) is 0.592. The highest BCUT2D eigenvalue weighted by molar-refractivity contribution is 6.32. The van der Waals surface area contributed by atoms with Gasteiger partial charge in [-0.1, -0.05) is 23.3 Å². The average molecular weight is 392 g/mol. The van der Waals surface area contributed by atoms with E-state index in [9.17, 15) is 9.90 Å². The van der Waals surface area contributed by atoms with E-state index in [1.54, 1.807) is 7.11 Å². The number of piperidine rings is 1. The number of ether oxygens (including phenoxy) is 1. The van der Waals surface area contributed by atoms with Crippen molar-refractivity contribution in [2.75, 3.05) is 20.3 Å². The number of methoxy groups -OCH3 is 1. The Bertz CT molecular complexity index is 711. The highest BCUT2D eigenvalue weighted by Gasteiger charge is 2.53. The number of hydrogen-bond acceptors (Lipinski definition) is 4. The number of fused-ring (bicyclic) bond motifs is 1. The first-order chi connectivity index (χ1) is 12.9. The predicted molar refractivity (Wildman–Crippen MR) is 108 cm³/mol. The molecule has 27 heavy (non-hydrogen) atoms. The molecule has 2 aliphatic heterocycles. The summed E-state index contributed by atoms with van der Waals surface area (Å²) in [4.78, 5) is 15.3. The number of Topliss-reactive ketones (excluding diaryl/α,β-unsaturated/α-hetero) is 1. The number of ketones is 1. The van der Waals surface area contributed by atoms with Crippen LogP contribution in [0.4, 0.5) is 0 Å². The van der Waals surface area contributed by atoms with Crippen LogP contribution in [0.3, 0.4) is 0 Å². The zero-order valence-corrected chi connectivity index (χ0v) is 17.3. The molecule has 1 aromatic carbocycles. The number of benzene rings is 1. The van der Waals surface area contributed by atoms with Gasteiger partial charge in [0.15, 0.2) is 5.78 Å². The number of aliphatic hydroxyl groups is 1. The summed E-state index contributed by atoms with van der Waals surface area (Å²) in [5, 5.41) is 8.91. The third kappa shape index (κ3) is 4.08. The molecule has 0 aromatic heterocycles. The van der Waals surface area contributed by atoms with Gasteiger partial charge in [0.05, 0.1) is 7.11 Å². The standard InChI is InChI=1S/C22H30ClNO3/c1-15(2)17-12-22(9-4-10-25)13-20(26)21(23)19(24(22)14-17)11-16-5-7-18(27-3)8-6-16/h5-8,19,21,25H,4,9-14H2,1-3H3/t19-,21-,22+/m0/s1. The fourth-order valence-electron chi connectivity index (χ4n) is 4.64. The molecule has 0 unspecified atom stereocenters. The molecule has 0 radical (unpaired) electrons. The van der Waals surface area contributed by atoms with Gasteiger partial charge in [0.25, 0.3) is 0 Å². The van der Waals surface area contributed by atoms with Crippen LogP contribution < -0.4 is 4.74 Å². The molecule has 0 spiro atoms. The zero-order valence-electron chi connectivity index (χ0n) is 16.5. The summed E-state index contributed by atoms with van der Waals surface area (Å²) < 4.78 is 5.25. The van der Waals surface area contributed by atoms with E-state index in [1.807, 2.05) is 12.1 Å². The summed E-state index contributed by atoms with van der Waals surface area (Å²) in [5.74, 6) is 0.963. The van der Waals surface area contributed by atoms with Crippen LogP contribution in [0.2, 0.25) is 0 Å². The van der Waals surface area contributed by atoms with Gasteiger partial charge in [-0.25, -0.2) is 0 Å². The molecule has 0 aliphatic carbocycles. The molecular weight excluding hydrogens is 362 g/mol. The lowest BCUT2D eigenvalue weighted by Gasteiger charge is -2.48. The Kier molecular flexibility index (Phi) is 6.29. The molecule has 5 heteroatoms. The van der Waals surface area contributed by atoms with Crippen LogP contribution in [0.1, 0.15) is 45.1 Å². The van der Waals surface area contributed by atoms with Crippen LogP contribution in [-0.4, -0.2) is 53.0 Å². The molecule has 1 N–H and O–H groups in total. The lowest BCUT2D eigenvalue weighted by molar-refractivity contribution is -0.128. The molecule has 0 amide bonds. The van der Waals surface area contributed by atoms with Crippen molar-refractivity contribution in [3.63, 3.8) is 0 Å². The Morgan fingerprint density at radius 1 is 1.30 bits per heavy atom. The summed E-state index contributed by atoms with van der Waals surface area (Å²) in [6.45, 7) is 5.31.